The lowest BCUT2D eigenvalue weighted by molar-refractivity contribution is 0.177. The van der Waals surface area contributed by atoms with E-state index in [1.165, 1.54) is 25.7 Å². The van der Waals surface area contributed by atoms with Gasteiger partial charge >= 0.3 is 0 Å². The minimum atomic E-state index is 0.431. The Hall–Kier alpha value is -0.670. The molecule has 15 heavy (non-hydrogen) atoms. The fourth-order valence-electron chi connectivity index (χ4n) is 2.11. The van der Waals surface area contributed by atoms with Gasteiger partial charge in [-0.1, -0.05) is 24.4 Å². The Labute approximate surface area is 94.8 Å². The first-order valence-electron chi connectivity index (χ1n) is 5.32. The Balaban J connectivity index is 2.22. The van der Waals surface area contributed by atoms with E-state index in [0.717, 1.165) is 5.69 Å². The van der Waals surface area contributed by atoms with Crippen molar-refractivity contribution in [2.75, 3.05) is 7.11 Å². The van der Waals surface area contributed by atoms with Crippen LogP contribution < -0.4 is 0 Å². The molecule has 0 amide bonds. The number of hydrogen-bond donors (Lipinski definition) is 0. The molecule has 1 fully saturated rings. The van der Waals surface area contributed by atoms with Crippen molar-refractivity contribution >= 4 is 11.6 Å². The third-order valence-electron chi connectivity index (χ3n) is 2.81. The van der Waals surface area contributed by atoms with E-state index in [9.17, 15) is 0 Å². The van der Waals surface area contributed by atoms with Crippen LogP contribution in [0.15, 0.2) is 6.07 Å². The lowest BCUT2D eigenvalue weighted by atomic mass is 10.0. The molecule has 1 saturated carbocycles. The number of nitrogens with zero attached hydrogens (tertiary/aromatic N) is 2. The summed E-state index contributed by atoms with van der Waals surface area (Å²) in [6.45, 7) is 0.431. The first-order chi connectivity index (χ1) is 7.29. The molecular weight excluding hydrogens is 212 g/mol. The average molecular weight is 227 g/mol. The summed E-state index contributed by atoms with van der Waals surface area (Å²) in [4.78, 5) is 8.61. The topological polar surface area (TPSA) is 35.0 Å². The van der Waals surface area contributed by atoms with E-state index < -0.39 is 0 Å². The van der Waals surface area contributed by atoms with Gasteiger partial charge in [0.15, 0.2) is 5.82 Å². The van der Waals surface area contributed by atoms with Crippen LogP contribution in [0.4, 0.5) is 0 Å². The molecule has 2 rings (SSSR count). The number of aromatic nitrogens is 2. The van der Waals surface area contributed by atoms with Gasteiger partial charge in [-0.25, -0.2) is 9.97 Å². The van der Waals surface area contributed by atoms with Crippen molar-refractivity contribution in [2.45, 2.75) is 38.2 Å². The zero-order valence-electron chi connectivity index (χ0n) is 8.87. The quantitative estimate of drug-likeness (QED) is 0.744. The van der Waals surface area contributed by atoms with E-state index in [1.54, 1.807) is 7.11 Å². The molecule has 4 heteroatoms. The Morgan fingerprint density at radius 1 is 1.40 bits per heavy atom. The highest BCUT2D eigenvalue weighted by Gasteiger charge is 2.19. The molecule has 0 N–H and O–H groups in total. The summed E-state index contributed by atoms with van der Waals surface area (Å²) in [5.41, 5.74) is 1.08. The van der Waals surface area contributed by atoms with E-state index in [-0.39, 0.29) is 0 Å². The van der Waals surface area contributed by atoms with Crippen LogP contribution in [-0.2, 0) is 11.3 Å². The maximum atomic E-state index is 5.96. The molecule has 1 aromatic heterocycles. The van der Waals surface area contributed by atoms with E-state index in [0.29, 0.717) is 23.5 Å². The van der Waals surface area contributed by atoms with Crippen molar-refractivity contribution < 1.29 is 4.74 Å². The molecule has 1 aliphatic carbocycles. The van der Waals surface area contributed by atoms with Crippen LogP contribution in [0, 0.1) is 0 Å². The molecule has 0 unspecified atom stereocenters. The van der Waals surface area contributed by atoms with Crippen molar-refractivity contribution in [3.8, 4) is 0 Å². The predicted molar refractivity (Wildman–Crippen MR) is 59.0 cm³/mol. The minimum absolute atomic E-state index is 0.431. The summed E-state index contributed by atoms with van der Waals surface area (Å²) >= 11 is 5.96. The molecule has 0 saturated heterocycles. The number of methoxy groups -OCH3 is 1. The third-order valence-corrected chi connectivity index (χ3v) is 3.00. The third kappa shape index (κ3) is 2.67. The van der Waals surface area contributed by atoms with Crippen LogP contribution >= 0.6 is 11.6 Å². The number of halogens is 1. The first-order valence-corrected chi connectivity index (χ1v) is 5.69. The van der Waals surface area contributed by atoms with Gasteiger partial charge in [0.05, 0.1) is 0 Å². The molecule has 82 valence electrons. The molecule has 0 radical (unpaired) electrons. The Morgan fingerprint density at radius 2 is 2.13 bits per heavy atom. The molecule has 1 aromatic rings. The van der Waals surface area contributed by atoms with Crippen LogP contribution in [0.2, 0.25) is 5.15 Å². The van der Waals surface area contributed by atoms with Crippen LogP contribution in [0.1, 0.15) is 43.1 Å². The fourth-order valence-corrected chi connectivity index (χ4v) is 2.32. The van der Waals surface area contributed by atoms with Gasteiger partial charge in [0.2, 0.25) is 0 Å². The summed E-state index contributed by atoms with van der Waals surface area (Å²) in [6, 6.07) is 1.89. The second-order valence-electron chi connectivity index (χ2n) is 3.95. The highest BCUT2D eigenvalue weighted by atomic mass is 35.5. The number of rotatable bonds is 3. The van der Waals surface area contributed by atoms with Crippen molar-refractivity contribution in [3.63, 3.8) is 0 Å². The molecule has 0 bridgehead atoms. The molecule has 1 heterocycles. The summed E-state index contributed by atoms with van der Waals surface area (Å²) in [5.74, 6) is 1.26. The number of ether oxygens (including phenoxy) is 1. The summed E-state index contributed by atoms with van der Waals surface area (Å²) in [7, 11) is 1.64. The summed E-state index contributed by atoms with van der Waals surface area (Å²) in [6.07, 6.45) is 5.04. The van der Waals surface area contributed by atoms with Gasteiger partial charge in [-0.05, 0) is 18.9 Å². The first kappa shape index (κ1) is 10.8. The molecule has 0 atom stereocenters. The zero-order chi connectivity index (χ0) is 10.7. The van der Waals surface area contributed by atoms with Gasteiger partial charge in [0.25, 0.3) is 0 Å². The van der Waals surface area contributed by atoms with Crippen LogP contribution in [-0.4, -0.2) is 17.1 Å². The number of hydrogen-bond acceptors (Lipinski definition) is 3. The molecule has 0 aromatic carbocycles. The zero-order valence-corrected chi connectivity index (χ0v) is 9.63. The normalized spacial score (nSPS) is 17.2. The lowest BCUT2D eigenvalue weighted by Crippen LogP contribution is -2.04. The second-order valence-corrected chi connectivity index (χ2v) is 4.33. The van der Waals surface area contributed by atoms with E-state index >= 15 is 0 Å². The Kier molecular flexibility index (Phi) is 3.54. The van der Waals surface area contributed by atoms with E-state index in [2.05, 4.69) is 9.97 Å². The maximum absolute atomic E-state index is 5.96. The monoisotopic (exact) mass is 226 g/mol. The van der Waals surface area contributed by atoms with Crippen LogP contribution in [0.25, 0.3) is 0 Å². The van der Waals surface area contributed by atoms with Crippen molar-refractivity contribution in [1.29, 1.82) is 0 Å². The van der Waals surface area contributed by atoms with Gasteiger partial charge in [0.1, 0.15) is 11.8 Å². The van der Waals surface area contributed by atoms with E-state index in [4.69, 9.17) is 16.3 Å². The molecule has 3 nitrogen and oxygen atoms in total. The van der Waals surface area contributed by atoms with Gasteiger partial charge in [-0.3, -0.25) is 0 Å². The van der Waals surface area contributed by atoms with E-state index in [1.807, 2.05) is 6.07 Å². The second kappa shape index (κ2) is 4.90. The maximum Gasteiger partial charge on any atom is 0.155 e. The van der Waals surface area contributed by atoms with Crippen molar-refractivity contribution in [3.05, 3.63) is 22.7 Å². The SMILES string of the molecule is COCc1nc(Cl)cc(C2CCCC2)n1. The standard InChI is InChI=1S/C11H15ClN2O/c1-15-7-11-13-9(6-10(12)14-11)8-4-2-3-5-8/h6,8H,2-5,7H2,1H3. The van der Waals surface area contributed by atoms with Crippen molar-refractivity contribution in [2.24, 2.45) is 0 Å². The largest absolute Gasteiger partial charge is 0.377 e. The molecule has 0 aliphatic heterocycles. The molecular formula is C11H15ClN2O. The fraction of sp³-hybridized carbons (Fsp3) is 0.636. The van der Waals surface area contributed by atoms with Crippen molar-refractivity contribution in [1.82, 2.24) is 9.97 Å². The summed E-state index contributed by atoms with van der Waals surface area (Å²) < 4.78 is 5.02. The average Bonchev–Trinajstić information content (AvgIpc) is 2.70. The highest BCUT2D eigenvalue weighted by Crippen LogP contribution is 2.33. The van der Waals surface area contributed by atoms with Crippen LogP contribution in [0.3, 0.4) is 0 Å². The highest BCUT2D eigenvalue weighted by molar-refractivity contribution is 6.29. The predicted octanol–water partition coefficient (Wildman–Crippen LogP) is 2.93. The summed E-state index contributed by atoms with van der Waals surface area (Å²) in [5, 5.41) is 0.527. The smallest absolute Gasteiger partial charge is 0.155 e. The Morgan fingerprint density at radius 3 is 2.80 bits per heavy atom. The van der Waals surface area contributed by atoms with Gasteiger partial charge in [-0.15, -0.1) is 0 Å². The van der Waals surface area contributed by atoms with Gasteiger partial charge in [0, 0.05) is 18.7 Å². The lowest BCUT2D eigenvalue weighted by Gasteiger charge is -2.09. The van der Waals surface area contributed by atoms with Crippen LogP contribution in [0.5, 0.6) is 0 Å². The molecule has 1 aliphatic rings. The molecule has 0 spiro atoms. The minimum Gasteiger partial charge on any atom is -0.377 e. The van der Waals surface area contributed by atoms with Gasteiger partial charge in [-0.2, -0.15) is 0 Å². The van der Waals surface area contributed by atoms with Gasteiger partial charge < -0.3 is 4.74 Å². The Bertz CT molecular complexity index is 337.